The molecular weight excluding hydrogens is 332 g/mol. The molecule has 0 aliphatic carbocycles. The number of carbonyl (C=O) groups is 2. The Kier molecular flexibility index (Phi) is 6.39. The normalized spacial score (nSPS) is 11.7. The van der Waals surface area contributed by atoms with Gasteiger partial charge in [0.1, 0.15) is 17.6 Å². The van der Waals surface area contributed by atoms with Gasteiger partial charge < -0.3 is 14.6 Å². The first-order valence-electron chi connectivity index (χ1n) is 8.59. The molecule has 0 fully saturated rings. The van der Waals surface area contributed by atoms with Crippen molar-refractivity contribution in [2.45, 2.75) is 39.7 Å². The third kappa shape index (κ3) is 4.23. The number of phenolic OH excluding ortho intramolecular Hbond substituents is 1. The van der Waals surface area contributed by atoms with E-state index in [4.69, 9.17) is 9.47 Å². The number of ketones is 1. The Balaban J connectivity index is 2.34. The van der Waals surface area contributed by atoms with Crippen LogP contribution in [0.3, 0.4) is 0 Å². The first-order chi connectivity index (χ1) is 12.4. The van der Waals surface area contributed by atoms with Crippen LogP contribution < -0.4 is 4.74 Å². The summed E-state index contributed by atoms with van der Waals surface area (Å²) in [5, 5.41) is 10.4. The van der Waals surface area contributed by atoms with E-state index in [0.29, 0.717) is 28.9 Å². The van der Waals surface area contributed by atoms with Gasteiger partial charge in [0.05, 0.1) is 18.2 Å². The van der Waals surface area contributed by atoms with Crippen LogP contribution in [0.15, 0.2) is 36.4 Å². The second-order valence-electron chi connectivity index (χ2n) is 6.12. The highest BCUT2D eigenvalue weighted by molar-refractivity contribution is 5.97. The summed E-state index contributed by atoms with van der Waals surface area (Å²) in [6.07, 6.45) is 1.05. The Morgan fingerprint density at radius 3 is 2.54 bits per heavy atom. The van der Waals surface area contributed by atoms with Gasteiger partial charge in [0.25, 0.3) is 0 Å². The summed E-state index contributed by atoms with van der Waals surface area (Å²) < 4.78 is 10.8. The van der Waals surface area contributed by atoms with Crippen LogP contribution in [-0.2, 0) is 11.2 Å². The van der Waals surface area contributed by atoms with Gasteiger partial charge in [-0.3, -0.25) is 4.79 Å². The molecule has 0 bridgehead atoms. The highest BCUT2D eigenvalue weighted by Gasteiger charge is 2.18. The Morgan fingerprint density at radius 2 is 1.92 bits per heavy atom. The number of hydrogen-bond donors (Lipinski definition) is 1. The van der Waals surface area contributed by atoms with Crippen LogP contribution in [0.25, 0.3) is 0 Å². The van der Waals surface area contributed by atoms with E-state index < -0.39 is 5.97 Å². The van der Waals surface area contributed by atoms with Crippen LogP contribution in [0.1, 0.15) is 65.1 Å². The maximum absolute atomic E-state index is 11.7. The molecule has 2 rings (SSSR count). The number of ether oxygens (including phenoxy) is 2. The van der Waals surface area contributed by atoms with E-state index >= 15 is 0 Å². The van der Waals surface area contributed by atoms with Gasteiger partial charge in [-0.1, -0.05) is 25.5 Å². The molecule has 0 aromatic heterocycles. The fourth-order valence-corrected chi connectivity index (χ4v) is 2.80. The molecule has 0 spiro atoms. The van der Waals surface area contributed by atoms with E-state index in [1.807, 2.05) is 19.9 Å². The molecule has 2 aromatic rings. The van der Waals surface area contributed by atoms with Gasteiger partial charge in [0.2, 0.25) is 0 Å². The van der Waals surface area contributed by atoms with E-state index in [9.17, 15) is 14.7 Å². The molecule has 5 heteroatoms. The summed E-state index contributed by atoms with van der Waals surface area (Å²) in [4.78, 5) is 23.4. The van der Waals surface area contributed by atoms with E-state index in [2.05, 4.69) is 0 Å². The zero-order valence-electron chi connectivity index (χ0n) is 15.5. The zero-order valence-corrected chi connectivity index (χ0v) is 15.5. The number of hydrogen-bond acceptors (Lipinski definition) is 5. The molecule has 0 amide bonds. The van der Waals surface area contributed by atoms with E-state index in [1.165, 1.54) is 14.0 Å². The average molecular weight is 356 g/mol. The number of rotatable bonds is 7. The summed E-state index contributed by atoms with van der Waals surface area (Å²) in [7, 11) is 1.34. The maximum Gasteiger partial charge on any atom is 0.337 e. The average Bonchev–Trinajstić information content (AvgIpc) is 2.63. The molecule has 1 unspecified atom stereocenters. The quantitative estimate of drug-likeness (QED) is 0.585. The van der Waals surface area contributed by atoms with Crippen LogP contribution in [0, 0.1) is 0 Å². The standard InChI is InChI=1S/C21H24O5/c1-5-7-18-19(11-10-17(13(2)22)20(18)23)26-14(3)15-8-6-9-16(12-15)21(24)25-4/h6,8-12,14,23H,5,7H2,1-4H3. The molecule has 1 atom stereocenters. The monoisotopic (exact) mass is 356 g/mol. The second kappa shape index (κ2) is 8.52. The maximum atomic E-state index is 11.7. The van der Waals surface area contributed by atoms with E-state index in [-0.39, 0.29) is 17.6 Å². The van der Waals surface area contributed by atoms with Gasteiger partial charge in [0, 0.05) is 5.56 Å². The van der Waals surface area contributed by atoms with Crippen LogP contribution in [0.4, 0.5) is 0 Å². The third-order valence-corrected chi connectivity index (χ3v) is 4.20. The van der Waals surface area contributed by atoms with Crippen LogP contribution in [-0.4, -0.2) is 24.0 Å². The van der Waals surface area contributed by atoms with Crippen molar-refractivity contribution in [2.24, 2.45) is 0 Å². The van der Waals surface area contributed by atoms with Crippen molar-refractivity contribution in [3.05, 3.63) is 58.7 Å². The molecule has 5 nitrogen and oxygen atoms in total. The molecule has 138 valence electrons. The summed E-state index contributed by atoms with van der Waals surface area (Å²) in [6, 6.07) is 10.3. The lowest BCUT2D eigenvalue weighted by Gasteiger charge is -2.20. The highest BCUT2D eigenvalue weighted by atomic mass is 16.5. The summed E-state index contributed by atoms with van der Waals surface area (Å²) in [6.45, 7) is 5.28. The number of benzene rings is 2. The number of aromatic hydroxyl groups is 1. The molecule has 0 aliphatic rings. The SMILES string of the molecule is CCCc1c(OC(C)c2cccc(C(=O)OC)c2)ccc(C(C)=O)c1O. The molecule has 0 radical (unpaired) electrons. The summed E-state index contributed by atoms with van der Waals surface area (Å²) in [5.74, 6) is -0.0860. The third-order valence-electron chi connectivity index (χ3n) is 4.20. The minimum Gasteiger partial charge on any atom is -0.507 e. The predicted molar refractivity (Wildman–Crippen MR) is 98.9 cm³/mol. The Bertz CT molecular complexity index is 810. The first-order valence-corrected chi connectivity index (χ1v) is 8.59. The van der Waals surface area contributed by atoms with Gasteiger partial charge >= 0.3 is 5.97 Å². The Hall–Kier alpha value is -2.82. The predicted octanol–water partition coefficient (Wildman–Crippen LogP) is 4.47. The van der Waals surface area contributed by atoms with E-state index in [0.717, 1.165) is 12.0 Å². The number of Topliss-reactive ketones (excluding diaryl/α,β-unsaturated/α-hetero) is 1. The number of carbonyl (C=O) groups excluding carboxylic acids is 2. The molecule has 0 heterocycles. The molecule has 1 N–H and O–H groups in total. The number of methoxy groups -OCH3 is 1. The minimum atomic E-state index is -0.408. The molecule has 0 saturated carbocycles. The van der Waals surface area contributed by atoms with Crippen molar-refractivity contribution in [1.82, 2.24) is 0 Å². The van der Waals surface area contributed by atoms with Crippen molar-refractivity contribution in [3.8, 4) is 11.5 Å². The number of phenols is 1. The zero-order chi connectivity index (χ0) is 19.3. The smallest absolute Gasteiger partial charge is 0.337 e. The van der Waals surface area contributed by atoms with Crippen molar-refractivity contribution in [3.63, 3.8) is 0 Å². The largest absolute Gasteiger partial charge is 0.507 e. The first kappa shape index (κ1) is 19.5. The van der Waals surface area contributed by atoms with Crippen molar-refractivity contribution >= 4 is 11.8 Å². The second-order valence-corrected chi connectivity index (χ2v) is 6.12. The lowest BCUT2D eigenvalue weighted by atomic mass is 10.0. The van der Waals surface area contributed by atoms with Crippen molar-refractivity contribution in [2.75, 3.05) is 7.11 Å². The lowest BCUT2D eigenvalue weighted by molar-refractivity contribution is 0.0600. The fraction of sp³-hybridized carbons (Fsp3) is 0.333. The van der Waals surface area contributed by atoms with Gasteiger partial charge in [-0.05, 0) is 50.1 Å². The van der Waals surface area contributed by atoms with Crippen molar-refractivity contribution in [1.29, 1.82) is 0 Å². The summed E-state index contributed by atoms with van der Waals surface area (Å²) in [5.41, 5.74) is 2.17. The molecule has 2 aromatic carbocycles. The topological polar surface area (TPSA) is 72.8 Å². The van der Waals surface area contributed by atoms with E-state index in [1.54, 1.807) is 30.3 Å². The minimum absolute atomic E-state index is 0.0210. The van der Waals surface area contributed by atoms with Crippen LogP contribution in [0.2, 0.25) is 0 Å². The van der Waals surface area contributed by atoms with Crippen LogP contribution in [0.5, 0.6) is 11.5 Å². The molecule has 26 heavy (non-hydrogen) atoms. The van der Waals surface area contributed by atoms with Gasteiger partial charge in [-0.2, -0.15) is 0 Å². The fourth-order valence-electron chi connectivity index (χ4n) is 2.80. The number of esters is 1. The van der Waals surface area contributed by atoms with Gasteiger partial charge in [0.15, 0.2) is 5.78 Å². The Labute approximate surface area is 153 Å². The van der Waals surface area contributed by atoms with Gasteiger partial charge in [-0.25, -0.2) is 4.79 Å². The Morgan fingerprint density at radius 1 is 1.19 bits per heavy atom. The molecule has 0 aliphatic heterocycles. The summed E-state index contributed by atoms with van der Waals surface area (Å²) >= 11 is 0. The molecule has 0 saturated heterocycles. The van der Waals surface area contributed by atoms with Crippen LogP contribution >= 0.6 is 0 Å². The lowest BCUT2D eigenvalue weighted by Crippen LogP contribution is -2.08. The van der Waals surface area contributed by atoms with Gasteiger partial charge in [-0.15, -0.1) is 0 Å². The highest BCUT2D eigenvalue weighted by Crippen LogP contribution is 2.35. The van der Waals surface area contributed by atoms with Crippen molar-refractivity contribution < 1.29 is 24.2 Å². The molecular formula is C21H24O5.